The summed E-state index contributed by atoms with van der Waals surface area (Å²) in [4.78, 5) is 38.4. The highest BCUT2D eigenvalue weighted by Crippen LogP contribution is 2.36. The molecule has 4 rings (SSSR count). The van der Waals surface area contributed by atoms with Gasteiger partial charge in [-0.3, -0.25) is 4.79 Å². The summed E-state index contributed by atoms with van der Waals surface area (Å²) in [6.45, 7) is 3.92. The number of hydrogen-bond acceptors (Lipinski definition) is 7. The average molecular weight is 399 g/mol. The summed E-state index contributed by atoms with van der Waals surface area (Å²) in [5, 5.41) is 0.688. The zero-order valence-electron chi connectivity index (χ0n) is 15.9. The lowest BCUT2D eigenvalue weighted by atomic mass is 9.89. The summed E-state index contributed by atoms with van der Waals surface area (Å²) in [6, 6.07) is 3.17. The summed E-state index contributed by atoms with van der Waals surface area (Å²) < 4.78 is 10.5. The first-order valence-corrected chi connectivity index (χ1v) is 10.0. The van der Waals surface area contributed by atoms with Crippen molar-refractivity contribution in [3.8, 4) is 5.88 Å². The molecule has 0 saturated carbocycles. The maximum Gasteiger partial charge on any atom is 0.340 e. The fourth-order valence-electron chi connectivity index (χ4n) is 3.46. The number of pyridine rings is 1. The largest absolute Gasteiger partial charge is 0.481 e. The van der Waals surface area contributed by atoms with Crippen LogP contribution in [0, 0.1) is 5.92 Å². The minimum Gasteiger partial charge on any atom is -0.481 e. The van der Waals surface area contributed by atoms with E-state index in [-0.39, 0.29) is 5.56 Å². The van der Waals surface area contributed by atoms with Crippen LogP contribution in [0.3, 0.4) is 0 Å². The van der Waals surface area contributed by atoms with Crippen molar-refractivity contribution in [3.63, 3.8) is 0 Å². The van der Waals surface area contributed by atoms with Crippen LogP contribution in [0.25, 0.3) is 10.2 Å². The van der Waals surface area contributed by atoms with Crippen LogP contribution >= 0.6 is 11.3 Å². The van der Waals surface area contributed by atoms with Crippen LogP contribution in [0.4, 0.5) is 0 Å². The Balaban J connectivity index is 1.59. The predicted molar refractivity (Wildman–Crippen MR) is 106 cm³/mol. The first-order valence-electron chi connectivity index (χ1n) is 9.21. The Kier molecular flexibility index (Phi) is 4.89. The van der Waals surface area contributed by atoms with Crippen molar-refractivity contribution < 1.29 is 14.3 Å². The van der Waals surface area contributed by atoms with Crippen molar-refractivity contribution in [2.75, 3.05) is 7.11 Å². The van der Waals surface area contributed by atoms with Gasteiger partial charge in [0.25, 0.3) is 5.56 Å². The van der Waals surface area contributed by atoms with Gasteiger partial charge in [0.15, 0.2) is 11.9 Å². The van der Waals surface area contributed by atoms with Gasteiger partial charge in [0.1, 0.15) is 4.83 Å². The van der Waals surface area contributed by atoms with E-state index in [1.807, 2.05) is 0 Å². The van der Waals surface area contributed by atoms with Gasteiger partial charge in [0.2, 0.25) is 5.88 Å². The van der Waals surface area contributed by atoms with E-state index >= 15 is 0 Å². The number of methoxy groups -OCH3 is 1. The highest BCUT2D eigenvalue weighted by atomic mass is 32.1. The van der Waals surface area contributed by atoms with Crippen LogP contribution in [0.5, 0.6) is 5.88 Å². The van der Waals surface area contributed by atoms with E-state index in [0.717, 1.165) is 24.8 Å². The molecule has 28 heavy (non-hydrogen) atoms. The predicted octanol–water partition coefficient (Wildman–Crippen LogP) is 3.43. The van der Waals surface area contributed by atoms with Gasteiger partial charge < -0.3 is 14.5 Å². The number of fused-ring (bicyclic) bond motifs is 3. The molecule has 2 atom stereocenters. The summed E-state index contributed by atoms with van der Waals surface area (Å²) in [7, 11) is 1.50. The van der Waals surface area contributed by atoms with Gasteiger partial charge in [0.05, 0.1) is 18.1 Å². The van der Waals surface area contributed by atoms with E-state index in [2.05, 4.69) is 21.9 Å². The second-order valence-electron chi connectivity index (χ2n) is 7.12. The van der Waals surface area contributed by atoms with Crippen LogP contribution in [-0.2, 0) is 17.6 Å². The third kappa shape index (κ3) is 3.40. The van der Waals surface area contributed by atoms with Crippen LogP contribution in [0.2, 0.25) is 0 Å². The van der Waals surface area contributed by atoms with E-state index < -0.39 is 12.1 Å². The Hall–Kier alpha value is -2.74. The van der Waals surface area contributed by atoms with E-state index in [0.29, 0.717) is 33.4 Å². The Bertz CT molecular complexity index is 1090. The second-order valence-corrected chi connectivity index (χ2v) is 8.20. The van der Waals surface area contributed by atoms with Gasteiger partial charge in [-0.25, -0.2) is 14.8 Å². The monoisotopic (exact) mass is 399 g/mol. The number of carbonyl (C=O) groups excluding carboxylic acids is 1. The smallest absolute Gasteiger partial charge is 0.340 e. The molecule has 0 aliphatic heterocycles. The normalized spacial score (nSPS) is 17.2. The molecule has 3 aromatic rings. The van der Waals surface area contributed by atoms with Crippen molar-refractivity contribution in [3.05, 3.63) is 50.5 Å². The Morgan fingerprint density at radius 2 is 2.21 bits per heavy atom. The number of hydrogen-bond donors (Lipinski definition) is 1. The highest BCUT2D eigenvalue weighted by Gasteiger charge is 2.24. The van der Waals surface area contributed by atoms with Crippen molar-refractivity contribution in [1.29, 1.82) is 0 Å². The Labute approximate surface area is 165 Å². The molecule has 146 valence electrons. The maximum absolute atomic E-state index is 12.7. The molecule has 7 nitrogen and oxygen atoms in total. The third-order valence-corrected chi connectivity index (χ3v) is 6.18. The fourth-order valence-corrected chi connectivity index (χ4v) is 4.85. The average Bonchev–Trinajstić information content (AvgIpc) is 3.05. The van der Waals surface area contributed by atoms with E-state index in [4.69, 9.17) is 9.47 Å². The lowest BCUT2D eigenvalue weighted by Crippen LogP contribution is -2.18. The van der Waals surface area contributed by atoms with Crippen LogP contribution < -0.4 is 10.3 Å². The summed E-state index contributed by atoms with van der Waals surface area (Å²) >= 11 is 1.57. The number of ether oxygens (including phenoxy) is 2. The first kappa shape index (κ1) is 18.6. The van der Waals surface area contributed by atoms with Gasteiger partial charge in [-0.05, 0) is 43.7 Å². The number of nitrogens with zero attached hydrogens (tertiary/aromatic N) is 2. The number of esters is 1. The SMILES string of the molecule is COc1ccc(C(=O)OC(C)c2nc3sc4c(c3c(=O)[nH]2)CCC(C)C4)cn1. The minimum absolute atomic E-state index is 0.166. The molecular formula is C20H21N3O4S. The zero-order chi connectivity index (χ0) is 19.8. The molecule has 0 spiro atoms. The molecule has 0 amide bonds. The highest BCUT2D eigenvalue weighted by molar-refractivity contribution is 7.18. The van der Waals surface area contributed by atoms with E-state index in [9.17, 15) is 9.59 Å². The van der Waals surface area contributed by atoms with Gasteiger partial charge in [-0.1, -0.05) is 6.92 Å². The number of rotatable bonds is 4. The van der Waals surface area contributed by atoms with Gasteiger partial charge in [-0.2, -0.15) is 0 Å². The quantitative estimate of drug-likeness (QED) is 0.676. The van der Waals surface area contributed by atoms with Crippen LogP contribution in [-0.4, -0.2) is 28.0 Å². The Morgan fingerprint density at radius 1 is 1.39 bits per heavy atom. The molecule has 8 heteroatoms. The number of H-pyrrole nitrogens is 1. The number of nitrogens with one attached hydrogen (secondary N) is 1. The molecular weight excluding hydrogens is 378 g/mol. The van der Waals surface area contributed by atoms with Gasteiger partial charge in [0, 0.05) is 17.1 Å². The standard InChI is InChI=1S/C20H21N3O4S/c1-10-4-6-13-14(8-10)28-19-16(13)18(24)22-17(23-19)11(2)27-20(25)12-5-7-15(26-3)21-9-12/h5,7,9-11H,4,6,8H2,1-3H3,(H,22,23,24). The molecule has 1 N–H and O–H groups in total. The van der Waals surface area contributed by atoms with Crippen molar-refractivity contribution >= 4 is 27.5 Å². The van der Waals surface area contributed by atoms with Gasteiger partial charge in [-0.15, -0.1) is 11.3 Å². The van der Waals surface area contributed by atoms with E-state index in [1.54, 1.807) is 30.4 Å². The molecule has 3 aromatic heterocycles. The molecule has 0 aromatic carbocycles. The topological polar surface area (TPSA) is 94.2 Å². The first-order chi connectivity index (χ1) is 13.5. The summed E-state index contributed by atoms with van der Waals surface area (Å²) in [5.74, 6) is 0.845. The molecule has 0 saturated heterocycles. The number of carbonyl (C=O) groups is 1. The number of thiophene rings is 1. The lowest BCUT2D eigenvalue weighted by Gasteiger charge is -2.17. The van der Waals surface area contributed by atoms with Crippen molar-refractivity contribution in [1.82, 2.24) is 15.0 Å². The Morgan fingerprint density at radius 3 is 2.93 bits per heavy atom. The molecule has 0 fully saturated rings. The minimum atomic E-state index is -0.690. The maximum atomic E-state index is 12.7. The molecule has 1 aliphatic rings. The van der Waals surface area contributed by atoms with Crippen LogP contribution in [0.1, 0.15) is 53.0 Å². The number of aromatic nitrogens is 3. The summed E-state index contributed by atoms with van der Waals surface area (Å²) in [5.41, 5.74) is 1.27. The molecule has 1 aliphatic carbocycles. The van der Waals surface area contributed by atoms with Crippen LogP contribution in [0.15, 0.2) is 23.1 Å². The van der Waals surface area contributed by atoms with Crippen molar-refractivity contribution in [2.24, 2.45) is 5.92 Å². The summed E-state index contributed by atoms with van der Waals surface area (Å²) in [6.07, 6.45) is 3.69. The third-order valence-electron chi connectivity index (χ3n) is 5.03. The number of aryl methyl sites for hydroxylation is 1. The van der Waals surface area contributed by atoms with E-state index in [1.165, 1.54) is 18.2 Å². The van der Waals surface area contributed by atoms with Crippen molar-refractivity contribution in [2.45, 2.75) is 39.2 Å². The molecule has 3 heterocycles. The zero-order valence-corrected chi connectivity index (χ0v) is 16.8. The molecule has 0 radical (unpaired) electrons. The molecule has 0 bridgehead atoms. The fraction of sp³-hybridized carbons (Fsp3) is 0.400. The molecule has 2 unspecified atom stereocenters. The second kappa shape index (κ2) is 7.35. The lowest BCUT2D eigenvalue weighted by molar-refractivity contribution is 0.0319. The van der Waals surface area contributed by atoms with Gasteiger partial charge >= 0.3 is 5.97 Å². The number of aromatic amines is 1.